The Hall–Kier alpha value is -1.85. The summed E-state index contributed by atoms with van der Waals surface area (Å²) in [5.41, 5.74) is 0.358. The predicted molar refractivity (Wildman–Crippen MR) is 153 cm³/mol. The summed E-state index contributed by atoms with van der Waals surface area (Å²) in [6.07, 6.45) is 10.4. The van der Waals surface area contributed by atoms with E-state index in [9.17, 15) is 19.5 Å². The van der Waals surface area contributed by atoms with E-state index in [1.807, 2.05) is 0 Å². The molecule has 6 nitrogen and oxygen atoms in total. The molecule has 11 atom stereocenters. The van der Waals surface area contributed by atoms with Crippen LogP contribution in [0.2, 0.25) is 0 Å². The zero-order valence-electron chi connectivity index (χ0n) is 26.1. The minimum Gasteiger partial charge on any atom is -0.481 e. The highest BCUT2D eigenvalue weighted by Gasteiger charge is 2.70. The highest BCUT2D eigenvalue weighted by molar-refractivity contribution is 5.76. The molecule has 0 radical (unpaired) electrons. The van der Waals surface area contributed by atoms with Gasteiger partial charge in [0.05, 0.1) is 5.41 Å². The van der Waals surface area contributed by atoms with Crippen LogP contribution in [0.1, 0.15) is 113 Å². The molecule has 5 rings (SSSR count). The predicted octanol–water partition coefficient (Wildman–Crippen LogP) is 7.20. The van der Waals surface area contributed by atoms with Gasteiger partial charge in [-0.1, -0.05) is 53.2 Å². The fourth-order valence-corrected chi connectivity index (χ4v) is 11.5. The Morgan fingerprint density at radius 1 is 0.900 bits per heavy atom. The van der Waals surface area contributed by atoms with Crippen LogP contribution < -0.4 is 0 Å². The molecule has 0 saturated heterocycles. The Balaban J connectivity index is 1.57. The number of ether oxygens (including phenoxy) is 2. The maximum Gasteiger partial charge on any atom is 0.310 e. The summed E-state index contributed by atoms with van der Waals surface area (Å²) in [7, 11) is 0. The molecule has 0 heterocycles. The molecule has 0 aromatic rings. The third-order valence-electron chi connectivity index (χ3n) is 14.1. The van der Waals surface area contributed by atoms with Gasteiger partial charge in [0.25, 0.3) is 0 Å². The van der Waals surface area contributed by atoms with Crippen LogP contribution in [0.5, 0.6) is 0 Å². The summed E-state index contributed by atoms with van der Waals surface area (Å²) in [5, 5.41) is 10.6. The van der Waals surface area contributed by atoms with Gasteiger partial charge in [-0.3, -0.25) is 14.4 Å². The minimum atomic E-state index is -0.633. The largest absolute Gasteiger partial charge is 0.481 e. The highest BCUT2D eigenvalue weighted by Crippen LogP contribution is 2.76. The molecule has 5 aliphatic rings. The first kappa shape index (κ1) is 29.6. The number of fused-ring (bicyclic) bond motifs is 7. The lowest BCUT2D eigenvalue weighted by Crippen LogP contribution is -2.66. The van der Waals surface area contributed by atoms with E-state index < -0.39 is 16.8 Å². The lowest BCUT2D eigenvalue weighted by molar-refractivity contribution is -0.227. The number of hydrogen-bond donors (Lipinski definition) is 1. The molecule has 4 saturated carbocycles. The number of carbonyl (C=O) groups is 3. The molecule has 40 heavy (non-hydrogen) atoms. The zero-order chi connectivity index (χ0) is 29.5. The van der Waals surface area contributed by atoms with E-state index in [-0.39, 0.29) is 52.7 Å². The lowest BCUT2D eigenvalue weighted by Gasteiger charge is -2.71. The molecule has 6 heteroatoms. The van der Waals surface area contributed by atoms with Crippen molar-refractivity contribution in [2.24, 2.45) is 56.7 Å². The molecule has 224 valence electrons. The van der Waals surface area contributed by atoms with Crippen LogP contribution in [-0.2, 0) is 23.9 Å². The van der Waals surface area contributed by atoms with Gasteiger partial charge in [-0.15, -0.1) is 0 Å². The molecule has 1 N–H and O–H groups in total. The highest BCUT2D eigenvalue weighted by atomic mass is 16.6. The van der Waals surface area contributed by atoms with Crippen LogP contribution in [0.25, 0.3) is 0 Å². The third-order valence-corrected chi connectivity index (χ3v) is 14.1. The molecule has 0 aromatic heterocycles. The van der Waals surface area contributed by atoms with Crippen LogP contribution in [0.3, 0.4) is 0 Å². The van der Waals surface area contributed by atoms with Crippen molar-refractivity contribution in [2.75, 3.05) is 6.61 Å². The number of carbonyl (C=O) groups excluding carboxylic acids is 2. The first-order valence-corrected chi connectivity index (χ1v) is 15.8. The van der Waals surface area contributed by atoms with Crippen molar-refractivity contribution in [3.63, 3.8) is 0 Å². The van der Waals surface area contributed by atoms with Gasteiger partial charge in [-0.2, -0.15) is 0 Å². The van der Waals surface area contributed by atoms with Crippen molar-refractivity contribution in [3.05, 3.63) is 11.6 Å². The van der Waals surface area contributed by atoms with Crippen LogP contribution in [0.15, 0.2) is 11.6 Å². The first-order valence-electron chi connectivity index (χ1n) is 15.8. The van der Waals surface area contributed by atoms with Crippen molar-refractivity contribution in [3.8, 4) is 0 Å². The van der Waals surface area contributed by atoms with Crippen LogP contribution in [0, 0.1) is 56.7 Å². The average Bonchev–Trinajstić information content (AvgIpc) is 2.87. The molecular weight excluding hydrogens is 504 g/mol. The van der Waals surface area contributed by atoms with Crippen LogP contribution >= 0.6 is 0 Å². The van der Waals surface area contributed by atoms with E-state index >= 15 is 0 Å². The Morgan fingerprint density at radius 2 is 1.60 bits per heavy atom. The number of carboxylic acid groups (broad SMARTS) is 1. The van der Waals surface area contributed by atoms with Gasteiger partial charge in [-0.25, -0.2) is 0 Å². The number of rotatable bonds is 4. The van der Waals surface area contributed by atoms with E-state index in [0.29, 0.717) is 17.8 Å². The lowest BCUT2D eigenvalue weighted by atomic mass is 9.33. The van der Waals surface area contributed by atoms with E-state index in [2.05, 4.69) is 47.6 Å². The van der Waals surface area contributed by atoms with Crippen molar-refractivity contribution in [2.45, 2.75) is 119 Å². The van der Waals surface area contributed by atoms with Gasteiger partial charge in [-0.05, 0) is 104 Å². The second kappa shape index (κ2) is 9.59. The standard InChI is InChI=1S/C34H52O6/c1-20-11-16-34(29(37)38)18-17-32(7)24(28(34)21(20)2)9-10-26-30(5)14-13-27(40-23(4)36)31(6,19-39-22(3)35)25(30)12-15-33(26,32)8/h9,20-21,25-28H,10-19H2,1-8H3,(H,37,38)/t20-,21+,25?,26-,27?,28+,30+,31?,32-,33-,34+/m1/s1. The summed E-state index contributed by atoms with van der Waals surface area (Å²) in [6.45, 7) is 17.4. The molecular formula is C34H52O6. The third kappa shape index (κ3) is 3.89. The van der Waals surface area contributed by atoms with Crippen molar-refractivity contribution < 1.29 is 29.0 Å². The fourth-order valence-electron chi connectivity index (χ4n) is 11.5. The van der Waals surface area contributed by atoms with E-state index in [1.165, 1.54) is 19.4 Å². The van der Waals surface area contributed by atoms with E-state index in [0.717, 1.165) is 57.8 Å². The Kier molecular flexibility index (Phi) is 7.11. The fraction of sp³-hybridized carbons (Fsp3) is 0.853. The normalized spacial score (nSPS) is 49.8. The van der Waals surface area contributed by atoms with E-state index in [4.69, 9.17) is 9.47 Å². The zero-order valence-corrected chi connectivity index (χ0v) is 26.1. The molecule has 3 unspecified atom stereocenters. The topological polar surface area (TPSA) is 89.9 Å². The molecule has 0 bridgehead atoms. The quantitative estimate of drug-likeness (QED) is 0.291. The molecule has 5 aliphatic carbocycles. The Bertz CT molecular complexity index is 1110. The van der Waals surface area contributed by atoms with Crippen molar-refractivity contribution >= 4 is 17.9 Å². The minimum absolute atomic E-state index is 0.00358. The monoisotopic (exact) mass is 556 g/mol. The van der Waals surface area contributed by atoms with Gasteiger partial charge >= 0.3 is 17.9 Å². The van der Waals surface area contributed by atoms with Crippen LogP contribution in [0.4, 0.5) is 0 Å². The second-order valence-corrected chi connectivity index (χ2v) is 15.5. The second-order valence-electron chi connectivity index (χ2n) is 15.5. The van der Waals surface area contributed by atoms with Gasteiger partial charge in [0.2, 0.25) is 0 Å². The number of allylic oxidation sites excluding steroid dienone is 2. The maximum absolute atomic E-state index is 12.9. The summed E-state index contributed by atoms with van der Waals surface area (Å²) in [4.78, 5) is 37.0. The summed E-state index contributed by atoms with van der Waals surface area (Å²) >= 11 is 0. The molecule has 0 spiro atoms. The molecule has 0 aliphatic heterocycles. The number of carboxylic acids is 1. The van der Waals surface area contributed by atoms with Crippen molar-refractivity contribution in [1.82, 2.24) is 0 Å². The first-order chi connectivity index (χ1) is 18.6. The number of aliphatic carboxylic acids is 1. The smallest absolute Gasteiger partial charge is 0.310 e. The van der Waals surface area contributed by atoms with Gasteiger partial charge in [0.15, 0.2) is 0 Å². The average molecular weight is 557 g/mol. The van der Waals surface area contributed by atoms with Gasteiger partial charge < -0.3 is 14.6 Å². The van der Waals surface area contributed by atoms with Gasteiger partial charge in [0, 0.05) is 19.3 Å². The van der Waals surface area contributed by atoms with Gasteiger partial charge in [0.1, 0.15) is 12.7 Å². The van der Waals surface area contributed by atoms with Crippen molar-refractivity contribution in [1.29, 1.82) is 0 Å². The van der Waals surface area contributed by atoms with E-state index in [1.54, 1.807) is 0 Å². The summed E-state index contributed by atoms with van der Waals surface area (Å²) in [5.74, 6) is 0.499. The SMILES string of the molecule is CC(=O)OCC1(C)C(OC(C)=O)CC[C@@]2(C)C1CC[C@]1(C)[C@@H]2CC=C2[C@@H]3[C@@H](C)[C@H](C)CC[C@]3(C(=O)O)CC[C@]21C. The number of hydrogen-bond acceptors (Lipinski definition) is 5. The number of esters is 2. The maximum atomic E-state index is 12.9. The molecule has 4 fully saturated rings. The summed E-state index contributed by atoms with van der Waals surface area (Å²) in [6, 6.07) is 0. The van der Waals surface area contributed by atoms with Crippen LogP contribution in [-0.4, -0.2) is 35.7 Å². The molecule has 0 aromatic carbocycles. The Morgan fingerprint density at radius 3 is 2.23 bits per heavy atom. The Labute approximate surface area is 241 Å². The summed E-state index contributed by atoms with van der Waals surface area (Å²) < 4.78 is 11.6. The molecule has 0 amide bonds.